The van der Waals surface area contributed by atoms with E-state index in [1.165, 1.54) is 0 Å². The standard InChI is InChI=1S/C19H17N3O2/c1-12-19(23)22(18-16(24-12)9-10-17(20)21-18)11-14-7-4-6-13-5-2-3-8-15(13)14/h2-10,12H,11H2,1H3,(H2,20,21). The van der Waals surface area contributed by atoms with Crippen molar-refractivity contribution >= 4 is 28.3 Å². The molecule has 0 bridgehead atoms. The molecule has 4 rings (SSSR count). The molecule has 2 aromatic carbocycles. The van der Waals surface area contributed by atoms with Crippen LogP contribution < -0.4 is 15.4 Å². The second-order valence-corrected chi connectivity index (χ2v) is 5.88. The highest BCUT2D eigenvalue weighted by atomic mass is 16.5. The maximum atomic E-state index is 12.7. The number of nitrogens with two attached hydrogens (primary N) is 1. The number of rotatable bonds is 2. The van der Waals surface area contributed by atoms with Crippen LogP contribution in [-0.4, -0.2) is 17.0 Å². The lowest BCUT2D eigenvalue weighted by Gasteiger charge is -2.32. The summed E-state index contributed by atoms with van der Waals surface area (Å²) in [5.41, 5.74) is 6.86. The summed E-state index contributed by atoms with van der Waals surface area (Å²) < 4.78 is 5.65. The first-order chi connectivity index (χ1) is 11.6. The Labute approximate surface area is 139 Å². The number of hydrogen-bond donors (Lipinski definition) is 1. The number of fused-ring (bicyclic) bond motifs is 2. The number of ether oxygens (including phenoxy) is 1. The van der Waals surface area contributed by atoms with E-state index in [4.69, 9.17) is 10.5 Å². The summed E-state index contributed by atoms with van der Waals surface area (Å²) in [6, 6.07) is 17.7. The molecule has 2 N–H and O–H groups in total. The van der Waals surface area contributed by atoms with E-state index in [0.717, 1.165) is 16.3 Å². The molecule has 0 spiro atoms. The molecule has 1 aliphatic heterocycles. The van der Waals surface area contributed by atoms with Gasteiger partial charge in [-0.05, 0) is 35.4 Å². The summed E-state index contributed by atoms with van der Waals surface area (Å²) in [4.78, 5) is 18.6. The molecule has 5 heteroatoms. The third-order valence-corrected chi connectivity index (χ3v) is 4.24. The molecular weight excluding hydrogens is 302 g/mol. The first kappa shape index (κ1) is 14.5. The minimum Gasteiger partial charge on any atom is -0.477 e. The van der Waals surface area contributed by atoms with Gasteiger partial charge < -0.3 is 10.5 Å². The first-order valence-corrected chi connectivity index (χ1v) is 7.84. The number of carbonyl (C=O) groups excluding carboxylic acids is 1. The van der Waals surface area contributed by atoms with Crippen molar-refractivity contribution in [1.82, 2.24) is 4.98 Å². The maximum absolute atomic E-state index is 12.7. The summed E-state index contributed by atoms with van der Waals surface area (Å²) in [5.74, 6) is 1.30. The number of anilines is 2. The van der Waals surface area contributed by atoms with Gasteiger partial charge in [0.05, 0.1) is 6.54 Å². The van der Waals surface area contributed by atoms with Crippen molar-refractivity contribution in [3.05, 3.63) is 60.2 Å². The fraction of sp³-hybridized carbons (Fsp3) is 0.158. The average molecular weight is 319 g/mol. The second-order valence-electron chi connectivity index (χ2n) is 5.88. The zero-order chi connectivity index (χ0) is 16.7. The van der Waals surface area contributed by atoms with Gasteiger partial charge in [0.1, 0.15) is 5.82 Å². The molecule has 1 atom stereocenters. The minimum absolute atomic E-state index is 0.117. The smallest absolute Gasteiger partial charge is 0.269 e. The third-order valence-electron chi connectivity index (χ3n) is 4.24. The normalized spacial score (nSPS) is 16.8. The minimum atomic E-state index is -0.544. The van der Waals surface area contributed by atoms with E-state index < -0.39 is 6.10 Å². The van der Waals surface area contributed by atoms with E-state index in [-0.39, 0.29) is 5.91 Å². The molecule has 3 aromatic rings. The molecule has 5 nitrogen and oxygen atoms in total. The Hall–Kier alpha value is -3.08. The molecule has 120 valence electrons. The number of nitrogens with zero attached hydrogens (tertiary/aromatic N) is 2. The van der Waals surface area contributed by atoms with Crippen molar-refractivity contribution in [3.8, 4) is 5.75 Å². The van der Waals surface area contributed by atoms with Gasteiger partial charge in [0.25, 0.3) is 5.91 Å². The monoisotopic (exact) mass is 319 g/mol. The Balaban J connectivity index is 1.81. The van der Waals surface area contributed by atoms with Gasteiger partial charge >= 0.3 is 0 Å². The first-order valence-electron chi connectivity index (χ1n) is 7.84. The summed E-state index contributed by atoms with van der Waals surface area (Å²) >= 11 is 0. The molecule has 0 saturated heterocycles. The van der Waals surface area contributed by atoms with E-state index in [1.807, 2.05) is 24.3 Å². The Morgan fingerprint density at radius 1 is 1.12 bits per heavy atom. The molecule has 1 aromatic heterocycles. The number of pyridine rings is 1. The largest absolute Gasteiger partial charge is 0.477 e. The van der Waals surface area contributed by atoms with Crippen LogP contribution >= 0.6 is 0 Å². The lowest BCUT2D eigenvalue weighted by Crippen LogP contribution is -2.44. The van der Waals surface area contributed by atoms with Gasteiger partial charge in [-0.2, -0.15) is 0 Å². The highest BCUT2D eigenvalue weighted by Crippen LogP contribution is 2.34. The van der Waals surface area contributed by atoms with Gasteiger partial charge in [-0.1, -0.05) is 42.5 Å². The molecule has 2 heterocycles. The fourth-order valence-corrected chi connectivity index (χ4v) is 3.05. The van der Waals surface area contributed by atoms with Crippen molar-refractivity contribution in [2.45, 2.75) is 19.6 Å². The zero-order valence-corrected chi connectivity index (χ0v) is 13.3. The molecule has 1 aliphatic rings. The molecule has 0 saturated carbocycles. The third kappa shape index (κ3) is 2.34. The zero-order valence-electron chi connectivity index (χ0n) is 13.3. The number of hydrogen-bond acceptors (Lipinski definition) is 4. The molecule has 24 heavy (non-hydrogen) atoms. The van der Waals surface area contributed by atoms with Crippen molar-refractivity contribution in [3.63, 3.8) is 0 Å². The number of benzene rings is 2. The molecule has 0 fully saturated rings. The lowest BCUT2D eigenvalue weighted by molar-refractivity contribution is -0.125. The Morgan fingerprint density at radius 3 is 2.79 bits per heavy atom. The van der Waals surface area contributed by atoms with Gasteiger partial charge in [0, 0.05) is 0 Å². The molecular formula is C19H17N3O2. The SMILES string of the molecule is CC1Oc2ccc(N)nc2N(Cc2cccc3ccccc23)C1=O. The topological polar surface area (TPSA) is 68.5 Å². The van der Waals surface area contributed by atoms with Crippen LogP contribution in [0.25, 0.3) is 10.8 Å². The van der Waals surface area contributed by atoms with E-state index in [9.17, 15) is 4.79 Å². The van der Waals surface area contributed by atoms with Crippen molar-refractivity contribution < 1.29 is 9.53 Å². The number of carbonyl (C=O) groups is 1. The Kier molecular flexibility index (Phi) is 3.34. The Morgan fingerprint density at radius 2 is 1.92 bits per heavy atom. The highest BCUT2D eigenvalue weighted by Gasteiger charge is 2.33. The van der Waals surface area contributed by atoms with Gasteiger partial charge in [-0.15, -0.1) is 0 Å². The lowest BCUT2D eigenvalue weighted by atomic mass is 10.0. The number of nitrogen functional groups attached to an aromatic ring is 1. The van der Waals surface area contributed by atoms with Gasteiger partial charge in [0.15, 0.2) is 17.7 Å². The van der Waals surface area contributed by atoms with Crippen LogP contribution in [-0.2, 0) is 11.3 Å². The highest BCUT2D eigenvalue weighted by molar-refractivity contribution is 5.99. The van der Waals surface area contributed by atoms with E-state index in [0.29, 0.717) is 23.9 Å². The van der Waals surface area contributed by atoms with Crippen LogP contribution in [0.5, 0.6) is 5.75 Å². The average Bonchev–Trinajstić information content (AvgIpc) is 2.60. The molecule has 1 amide bonds. The van der Waals surface area contributed by atoms with Gasteiger partial charge in [0.2, 0.25) is 0 Å². The molecule has 0 aliphatic carbocycles. The van der Waals surface area contributed by atoms with E-state index in [1.54, 1.807) is 24.0 Å². The fourth-order valence-electron chi connectivity index (χ4n) is 3.05. The number of aromatic nitrogens is 1. The van der Waals surface area contributed by atoms with E-state index in [2.05, 4.69) is 23.2 Å². The van der Waals surface area contributed by atoms with Crippen molar-refractivity contribution in [2.75, 3.05) is 10.6 Å². The van der Waals surface area contributed by atoms with Crippen LogP contribution in [0.3, 0.4) is 0 Å². The number of amides is 1. The van der Waals surface area contributed by atoms with E-state index >= 15 is 0 Å². The molecule has 1 unspecified atom stereocenters. The van der Waals surface area contributed by atoms with Crippen LogP contribution in [0, 0.1) is 0 Å². The van der Waals surface area contributed by atoms with Crippen LogP contribution in [0.4, 0.5) is 11.6 Å². The molecule has 0 radical (unpaired) electrons. The Bertz CT molecular complexity index is 934. The predicted octanol–water partition coefficient (Wildman–Crippen LogP) is 3.13. The predicted molar refractivity (Wildman–Crippen MR) is 93.9 cm³/mol. The van der Waals surface area contributed by atoms with Crippen molar-refractivity contribution in [1.29, 1.82) is 0 Å². The van der Waals surface area contributed by atoms with Crippen LogP contribution in [0.1, 0.15) is 12.5 Å². The summed E-state index contributed by atoms with van der Waals surface area (Å²) in [6.45, 7) is 2.18. The van der Waals surface area contributed by atoms with Crippen molar-refractivity contribution in [2.24, 2.45) is 0 Å². The van der Waals surface area contributed by atoms with Crippen LogP contribution in [0.2, 0.25) is 0 Å². The maximum Gasteiger partial charge on any atom is 0.269 e. The van der Waals surface area contributed by atoms with Crippen LogP contribution in [0.15, 0.2) is 54.6 Å². The van der Waals surface area contributed by atoms with Gasteiger partial charge in [-0.3, -0.25) is 9.69 Å². The second kappa shape index (κ2) is 5.53. The van der Waals surface area contributed by atoms with Gasteiger partial charge in [-0.25, -0.2) is 4.98 Å². The summed E-state index contributed by atoms with van der Waals surface area (Å²) in [5, 5.41) is 2.27. The summed E-state index contributed by atoms with van der Waals surface area (Å²) in [6.07, 6.45) is -0.544. The summed E-state index contributed by atoms with van der Waals surface area (Å²) in [7, 11) is 0. The quantitative estimate of drug-likeness (QED) is 0.788.